The first kappa shape index (κ1) is 16.6. The molecule has 3 nitrogen and oxygen atoms in total. The molecule has 2 aromatic rings. The Bertz CT molecular complexity index is 749. The van der Waals surface area contributed by atoms with Crippen molar-refractivity contribution in [2.45, 2.75) is 25.9 Å². The molecule has 1 fully saturated rings. The normalized spacial score (nSPS) is 16.5. The lowest BCUT2D eigenvalue weighted by Gasteiger charge is -2.49. The Morgan fingerprint density at radius 1 is 1.12 bits per heavy atom. The molecule has 1 saturated heterocycles. The predicted molar refractivity (Wildman–Crippen MR) is 90.1 cm³/mol. The maximum atomic E-state index is 13.7. The van der Waals surface area contributed by atoms with Crippen LogP contribution in [0.2, 0.25) is 0 Å². The van der Waals surface area contributed by atoms with Gasteiger partial charge in [0.05, 0.1) is 5.54 Å². The van der Waals surface area contributed by atoms with E-state index in [4.69, 9.17) is 0 Å². The number of nitrogens with zero attached hydrogens (tertiary/aromatic N) is 1. The van der Waals surface area contributed by atoms with Gasteiger partial charge in [-0.1, -0.05) is 18.2 Å². The van der Waals surface area contributed by atoms with Gasteiger partial charge in [-0.2, -0.15) is 0 Å². The molecular formula is C19H20F2N2O. The van der Waals surface area contributed by atoms with E-state index in [0.717, 1.165) is 5.69 Å². The minimum atomic E-state index is -0.515. The summed E-state index contributed by atoms with van der Waals surface area (Å²) in [6, 6.07) is 11.3. The van der Waals surface area contributed by atoms with Crippen LogP contribution in [0.15, 0.2) is 42.5 Å². The summed E-state index contributed by atoms with van der Waals surface area (Å²) in [6.45, 7) is 5.11. The number of hydrogen-bond acceptors (Lipinski definition) is 3. The predicted octanol–water partition coefficient (Wildman–Crippen LogP) is 3.85. The van der Waals surface area contributed by atoms with Gasteiger partial charge in [-0.15, -0.1) is 0 Å². The highest BCUT2D eigenvalue weighted by molar-refractivity contribution is 5.99. The van der Waals surface area contributed by atoms with Crippen LogP contribution in [0, 0.1) is 11.6 Å². The van der Waals surface area contributed by atoms with E-state index in [0.29, 0.717) is 18.7 Å². The fourth-order valence-electron chi connectivity index (χ4n) is 3.26. The smallest absolute Gasteiger partial charge is 0.161 e. The first-order valence-electron chi connectivity index (χ1n) is 7.91. The zero-order valence-electron chi connectivity index (χ0n) is 13.8. The standard InChI is InChI=1S/C19H20F2N2O/c1-13(24)14-6-3-4-9-18(14)22-19(2)11-23(12-19)10-15-16(20)7-5-8-17(15)21/h3-9,22H,10-12H2,1-2H3. The van der Waals surface area contributed by atoms with Crippen molar-refractivity contribution in [3.63, 3.8) is 0 Å². The van der Waals surface area contributed by atoms with Gasteiger partial charge in [0.1, 0.15) is 11.6 Å². The number of rotatable bonds is 5. The summed E-state index contributed by atoms with van der Waals surface area (Å²) in [5.41, 5.74) is 1.32. The topological polar surface area (TPSA) is 32.3 Å². The average molecular weight is 330 g/mol. The van der Waals surface area contributed by atoms with Crippen LogP contribution in [0.4, 0.5) is 14.5 Å². The number of benzene rings is 2. The van der Waals surface area contributed by atoms with Gasteiger partial charge in [-0.25, -0.2) is 8.78 Å². The van der Waals surface area contributed by atoms with Crippen molar-refractivity contribution in [1.82, 2.24) is 4.90 Å². The van der Waals surface area contributed by atoms with Gasteiger partial charge in [-0.05, 0) is 38.1 Å². The third-order valence-corrected chi connectivity index (χ3v) is 4.33. The molecule has 0 bridgehead atoms. The van der Waals surface area contributed by atoms with Crippen LogP contribution in [0.25, 0.3) is 0 Å². The maximum Gasteiger partial charge on any atom is 0.161 e. The molecular weight excluding hydrogens is 310 g/mol. The maximum absolute atomic E-state index is 13.7. The van der Waals surface area contributed by atoms with Crippen LogP contribution in [-0.4, -0.2) is 29.3 Å². The lowest BCUT2D eigenvalue weighted by Crippen LogP contribution is -2.63. The number of anilines is 1. The highest BCUT2D eigenvalue weighted by Gasteiger charge is 2.39. The van der Waals surface area contributed by atoms with Crippen LogP contribution < -0.4 is 5.32 Å². The number of carbonyl (C=O) groups excluding carboxylic acids is 1. The Hall–Kier alpha value is -2.27. The number of Topliss-reactive ketones (excluding diaryl/α,β-unsaturated/α-hetero) is 1. The van der Waals surface area contributed by atoms with Gasteiger partial charge in [0.25, 0.3) is 0 Å². The summed E-state index contributed by atoms with van der Waals surface area (Å²) in [5, 5.41) is 3.40. The summed E-state index contributed by atoms with van der Waals surface area (Å²) in [7, 11) is 0. The SMILES string of the molecule is CC(=O)c1ccccc1NC1(C)CN(Cc2c(F)cccc2F)C1. The molecule has 1 N–H and O–H groups in total. The van der Waals surface area contributed by atoms with Crippen LogP contribution in [0.3, 0.4) is 0 Å². The summed E-state index contributed by atoms with van der Waals surface area (Å²) in [4.78, 5) is 13.7. The second-order valence-electron chi connectivity index (χ2n) is 6.63. The number of para-hydroxylation sites is 1. The van der Waals surface area contributed by atoms with Crippen molar-refractivity contribution < 1.29 is 13.6 Å². The van der Waals surface area contributed by atoms with Crippen molar-refractivity contribution in [2.24, 2.45) is 0 Å². The second kappa shape index (κ2) is 6.32. The molecule has 0 aliphatic carbocycles. The zero-order valence-corrected chi connectivity index (χ0v) is 13.8. The van der Waals surface area contributed by atoms with E-state index in [2.05, 4.69) is 5.32 Å². The van der Waals surface area contributed by atoms with Gasteiger partial charge in [-0.3, -0.25) is 9.69 Å². The molecule has 3 rings (SSSR count). The van der Waals surface area contributed by atoms with E-state index in [-0.39, 0.29) is 23.4 Å². The van der Waals surface area contributed by atoms with Crippen LogP contribution in [-0.2, 0) is 6.54 Å². The van der Waals surface area contributed by atoms with E-state index in [1.165, 1.54) is 25.1 Å². The van der Waals surface area contributed by atoms with Gasteiger partial charge in [0.15, 0.2) is 5.78 Å². The number of halogens is 2. The third kappa shape index (κ3) is 3.31. The minimum Gasteiger partial charge on any atom is -0.377 e. The average Bonchev–Trinajstić information content (AvgIpc) is 2.49. The summed E-state index contributed by atoms with van der Waals surface area (Å²) in [5.74, 6) is -1.02. The zero-order chi connectivity index (χ0) is 17.3. The van der Waals surface area contributed by atoms with Crippen molar-refractivity contribution in [3.05, 3.63) is 65.2 Å². The van der Waals surface area contributed by atoms with Gasteiger partial charge >= 0.3 is 0 Å². The number of carbonyl (C=O) groups is 1. The van der Waals surface area contributed by atoms with Gasteiger partial charge < -0.3 is 5.32 Å². The van der Waals surface area contributed by atoms with Gasteiger partial charge in [0.2, 0.25) is 0 Å². The van der Waals surface area contributed by atoms with Crippen molar-refractivity contribution in [3.8, 4) is 0 Å². The molecule has 2 aromatic carbocycles. The number of nitrogens with one attached hydrogen (secondary N) is 1. The minimum absolute atomic E-state index is 0.00584. The molecule has 1 aliphatic heterocycles. The lowest BCUT2D eigenvalue weighted by molar-refractivity contribution is 0.0878. The van der Waals surface area contributed by atoms with Crippen molar-refractivity contribution in [2.75, 3.05) is 18.4 Å². The Balaban J connectivity index is 1.66. The number of ketones is 1. The Morgan fingerprint density at radius 2 is 1.75 bits per heavy atom. The van der Waals surface area contributed by atoms with Crippen LogP contribution >= 0.6 is 0 Å². The number of likely N-dealkylation sites (tertiary alicyclic amines) is 1. The molecule has 0 unspecified atom stereocenters. The fraction of sp³-hybridized carbons (Fsp3) is 0.316. The van der Waals surface area contributed by atoms with E-state index < -0.39 is 11.6 Å². The molecule has 0 saturated carbocycles. The molecule has 0 spiro atoms. The lowest BCUT2D eigenvalue weighted by atomic mass is 9.90. The molecule has 5 heteroatoms. The fourth-order valence-corrected chi connectivity index (χ4v) is 3.26. The summed E-state index contributed by atoms with van der Waals surface area (Å²) < 4.78 is 27.5. The molecule has 0 amide bonds. The third-order valence-electron chi connectivity index (χ3n) is 4.33. The van der Waals surface area contributed by atoms with Gasteiger partial charge in [0, 0.05) is 36.4 Å². The second-order valence-corrected chi connectivity index (χ2v) is 6.63. The molecule has 0 radical (unpaired) electrons. The summed E-state index contributed by atoms with van der Waals surface area (Å²) in [6.07, 6.45) is 0. The molecule has 126 valence electrons. The highest BCUT2D eigenvalue weighted by Crippen LogP contribution is 2.29. The molecule has 1 heterocycles. The first-order chi connectivity index (χ1) is 11.4. The van der Waals surface area contributed by atoms with E-state index >= 15 is 0 Å². The van der Waals surface area contributed by atoms with Crippen LogP contribution in [0.1, 0.15) is 29.8 Å². The Kier molecular flexibility index (Phi) is 4.37. The van der Waals surface area contributed by atoms with E-state index in [1.54, 1.807) is 6.07 Å². The largest absolute Gasteiger partial charge is 0.377 e. The van der Waals surface area contributed by atoms with E-state index in [1.807, 2.05) is 30.0 Å². The summed E-state index contributed by atoms with van der Waals surface area (Å²) >= 11 is 0. The van der Waals surface area contributed by atoms with Crippen molar-refractivity contribution >= 4 is 11.5 Å². The van der Waals surface area contributed by atoms with Crippen molar-refractivity contribution in [1.29, 1.82) is 0 Å². The monoisotopic (exact) mass is 330 g/mol. The van der Waals surface area contributed by atoms with Crippen LogP contribution in [0.5, 0.6) is 0 Å². The van der Waals surface area contributed by atoms with E-state index in [9.17, 15) is 13.6 Å². The first-order valence-corrected chi connectivity index (χ1v) is 7.91. The quantitative estimate of drug-likeness (QED) is 0.845. The highest BCUT2D eigenvalue weighted by atomic mass is 19.1. The number of hydrogen-bond donors (Lipinski definition) is 1. The molecule has 0 atom stereocenters. The molecule has 1 aliphatic rings. The molecule has 24 heavy (non-hydrogen) atoms. The Morgan fingerprint density at radius 3 is 2.38 bits per heavy atom. The molecule has 0 aromatic heterocycles. The Labute approximate surface area is 140 Å².